The second-order valence-electron chi connectivity index (χ2n) is 5.37. The molecular formula is C14H28NO6P. The SMILES string of the molecule is C=C(C)C(=O)OCCC(C[N+](CC)(CC)CC)OP(=O)([O-])O. The number of carbonyl (C=O) groups excluding carboxylic acids is 1. The van der Waals surface area contributed by atoms with Gasteiger partial charge in [-0.1, -0.05) is 6.58 Å². The van der Waals surface area contributed by atoms with Crippen molar-refractivity contribution < 1.29 is 32.9 Å². The number of ether oxygens (including phenoxy) is 1. The topological polar surface area (TPSA) is 95.9 Å². The molecule has 0 rings (SSSR count). The summed E-state index contributed by atoms with van der Waals surface area (Å²) in [6.45, 7) is 13.9. The van der Waals surface area contributed by atoms with Crippen molar-refractivity contribution in [2.75, 3.05) is 32.8 Å². The first-order valence-electron chi connectivity index (χ1n) is 7.49. The first kappa shape index (κ1) is 21.3. The van der Waals surface area contributed by atoms with E-state index in [-0.39, 0.29) is 18.6 Å². The smallest absolute Gasteiger partial charge is 0.333 e. The molecule has 7 nitrogen and oxygen atoms in total. The Morgan fingerprint density at radius 1 is 1.32 bits per heavy atom. The summed E-state index contributed by atoms with van der Waals surface area (Å²) in [6.07, 6.45) is -0.558. The van der Waals surface area contributed by atoms with Gasteiger partial charge in [0.15, 0.2) is 0 Å². The summed E-state index contributed by atoms with van der Waals surface area (Å²) in [6, 6.07) is 0. The molecule has 0 aliphatic rings. The highest BCUT2D eigenvalue weighted by atomic mass is 31.2. The Morgan fingerprint density at radius 3 is 2.18 bits per heavy atom. The van der Waals surface area contributed by atoms with Crippen molar-refractivity contribution in [2.45, 2.75) is 40.2 Å². The maximum absolute atomic E-state index is 11.3. The average Bonchev–Trinajstić information content (AvgIpc) is 2.42. The minimum absolute atomic E-state index is 0.00744. The fraction of sp³-hybridized carbons (Fsp3) is 0.786. The molecule has 0 aliphatic carbocycles. The van der Waals surface area contributed by atoms with E-state index in [0.717, 1.165) is 19.6 Å². The van der Waals surface area contributed by atoms with Gasteiger partial charge < -0.3 is 23.5 Å². The molecule has 0 radical (unpaired) electrons. The second kappa shape index (κ2) is 9.43. The maximum Gasteiger partial charge on any atom is 0.333 e. The molecule has 2 unspecified atom stereocenters. The molecule has 0 aliphatic heterocycles. The third-order valence-corrected chi connectivity index (χ3v) is 4.47. The Balaban J connectivity index is 4.79. The molecule has 22 heavy (non-hydrogen) atoms. The van der Waals surface area contributed by atoms with Crippen LogP contribution in [0.3, 0.4) is 0 Å². The standard InChI is InChI=1S/C14H28NO6P/c1-6-15(7-2,8-3)11-13(21-22(17,18)19)9-10-20-14(16)12(4)5/h13H,4,6-11H2,1-3,5H3,(H-,17,18,19). The average molecular weight is 337 g/mol. The van der Waals surface area contributed by atoms with Gasteiger partial charge in [-0.2, -0.15) is 0 Å². The minimum atomic E-state index is -4.84. The Labute approximate surface area is 132 Å². The van der Waals surface area contributed by atoms with Gasteiger partial charge >= 0.3 is 5.97 Å². The van der Waals surface area contributed by atoms with Gasteiger partial charge in [0, 0.05) is 12.0 Å². The molecule has 0 spiro atoms. The predicted octanol–water partition coefficient (Wildman–Crippen LogP) is 1.22. The third-order valence-electron chi connectivity index (χ3n) is 3.91. The Bertz CT molecular complexity index is 407. The van der Waals surface area contributed by atoms with E-state index in [1.165, 1.54) is 6.92 Å². The van der Waals surface area contributed by atoms with Crippen molar-refractivity contribution >= 4 is 13.8 Å². The van der Waals surface area contributed by atoms with Crippen molar-refractivity contribution in [1.29, 1.82) is 0 Å². The monoisotopic (exact) mass is 337 g/mol. The van der Waals surface area contributed by atoms with E-state index in [1.807, 2.05) is 20.8 Å². The fourth-order valence-electron chi connectivity index (χ4n) is 2.26. The highest BCUT2D eigenvalue weighted by Crippen LogP contribution is 2.34. The summed E-state index contributed by atoms with van der Waals surface area (Å²) < 4.78 is 21.4. The first-order chi connectivity index (χ1) is 10.1. The first-order valence-corrected chi connectivity index (χ1v) is 8.98. The number of phosphoric ester groups is 1. The van der Waals surface area contributed by atoms with Gasteiger partial charge in [-0.25, -0.2) is 4.79 Å². The van der Waals surface area contributed by atoms with Gasteiger partial charge in [0.25, 0.3) is 7.82 Å². The van der Waals surface area contributed by atoms with Gasteiger partial charge in [0.05, 0.1) is 26.2 Å². The van der Waals surface area contributed by atoms with Crippen molar-refractivity contribution in [3.8, 4) is 0 Å². The molecule has 0 fully saturated rings. The van der Waals surface area contributed by atoms with E-state index in [9.17, 15) is 14.3 Å². The zero-order chi connectivity index (χ0) is 17.4. The zero-order valence-electron chi connectivity index (χ0n) is 13.9. The van der Waals surface area contributed by atoms with Crippen LogP contribution in [0.4, 0.5) is 0 Å². The van der Waals surface area contributed by atoms with Gasteiger partial charge in [0.2, 0.25) is 0 Å². The van der Waals surface area contributed by atoms with Crippen LogP contribution in [0, 0.1) is 0 Å². The number of nitrogens with zero attached hydrogens (tertiary/aromatic N) is 1. The number of rotatable bonds is 11. The van der Waals surface area contributed by atoms with E-state index in [1.54, 1.807) is 0 Å². The number of quaternary nitrogens is 1. The second-order valence-corrected chi connectivity index (χ2v) is 6.52. The van der Waals surface area contributed by atoms with E-state index < -0.39 is 19.9 Å². The van der Waals surface area contributed by atoms with E-state index >= 15 is 0 Å². The number of likely N-dealkylation sites (N-methyl/N-ethyl adjacent to an activating group) is 1. The molecule has 0 amide bonds. The number of phosphoric acid groups is 1. The fourth-order valence-corrected chi connectivity index (χ4v) is 2.81. The van der Waals surface area contributed by atoms with E-state index in [2.05, 4.69) is 6.58 Å². The number of hydrogen-bond acceptors (Lipinski definition) is 5. The maximum atomic E-state index is 11.3. The van der Waals surface area contributed by atoms with E-state index in [4.69, 9.17) is 14.2 Å². The molecule has 0 bridgehead atoms. The molecule has 0 aromatic heterocycles. The summed E-state index contributed by atoms with van der Waals surface area (Å²) in [5.41, 5.74) is 0.273. The Morgan fingerprint density at radius 2 is 1.82 bits per heavy atom. The molecule has 0 heterocycles. The molecular weight excluding hydrogens is 309 g/mol. The zero-order valence-corrected chi connectivity index (χ0v) is 14.8. The molecule has 130 valence electrons. The highest BCUT2D eigenvalue weighted by Gasteiger charge is 2.29. The van der Waals surface area contributed by atoms with Crippen molar-refractivity contribution in [3.63, 3.8) is 0 Å². The van der Waals surface area contributed by atoms with Crippen LogP contribution in [0.25, 0.3) is 0 Å². The van der Waals surface area contributed by atoms with Crippen LogP contribution < -0.4 is 4.89 Å². The number of carbonyl (C=O) groups is 1. The summed E-state index contributed by atoms with van der Waals surface area (Å²) in [7, 11) is -4.84. The van der Waals surface area contributed by atoms with Gasteiger partial charge in [-0.15, -0.1) is 0 Å². The molecule has 8 heteroatoms. The highest BCUT2D eigenvalue weighted by molar-refractivity contribution is 7.44. The Hall–Kier alpha value is -0.720. The number of esters is 1. The summed E-state index contributed by atoms with van der Waals surface area (Å²) in [5, 5.41) is 0. The third kappa shape index (κ3) is 8.06. The van der Waals surface area contributed by atoms with Crippen LogP contribution in [0.15, 0.2) is 12.2 Å². The summed E-state index contributed by atoms with van der Waals surface area (Å²) in [4.78, 5) is 31.3. The normalized spacial score (nSPS) is 15.9. The van der Waals surface area contributed by atoms with Crippen LogP contribution >= 0.6 is 7.82 Å². The molecule has 0 aromatic carbocycles. The van der Waals surface area contributed by atoms with Crippen LogP contribution in [0.1, 0.15) is 34.1 Å². The lowest BCUT2D eigenvalue weighted by molar-refractivity contribution is -0.925. The lowest BCUT2D eigenvalue weighted by Crippen LogP contribution is -2.52. The lowest BCUT2D eigenvalue weighted by atomic mass is 10.2. The van der Waals surface area contributed by atoms with Gasteiger partial charge in [-0.05, 0) is 27.7 Å². The van der Waals surface area contributed by atoms with Crippen LogP contribution in [0.2, 0.25) is 0 Å². The van der Waals surface area contributed by atoms with E-state index in [0.29, 0.717) is 11.0 Å². The quantitative estimate of drug-likeness (QED) is 0.264. The lowest BCUT2D eigenvalue weighted by Gasteiger charge is -2.39. The van der Waals surface area contributed by atoms with Gasteiger partial charge in [0.1, 0.15) is 12.6 Å². The minimum Gasteiger partial charge on any atom is -0.756 e. The van der Waals surface area contributed by atoms with Crippen molar-refractivity contribution in [2.24, 2.45) is 0 Å². The van der Waals surface area contributed by atoms with Crippen molar-refractivity contribution in [1.82, 2.24) is 0 Å². The number of hydrogen-bond donors (Lipinski definition) is 1. The van der Waals surface area contributed by atoms with Crippen LogP contribution in [-0.2, 0) is 18.6 Å². The molecule has 1 N–H and O–H groups in total. The summed E-state index contributed by atoms with van der Waals surface area (Å²) in [5.74, 6) is -0.532. The van der Waals surface area contributed by atoms with Crippen LogP contribution in [0.5, 0.6) is 0 Å². The summed E-state index contributed by atoms with van der Waals surface area (Å²) >= 11 is 0. The van der Waals surface area contributed by atoms with Crippen LogP contribution in [-0.4, -0.2) is 54.2 Å². The molecule has 2 atom stereocenters. The molecule has 0 saturated heterocycles. The predicted molar refractivity (Wildman–Crippen MR) is 81.8 cm³/mol. The van der Waals surface area contributed by atoms with Gasteiger partial charge in [-0.3, -0.25) is 4.57 Å². The Kier molecular flexibility index (Phi) is 9.12. The molecule has 0 saturated carbocycles. The van der Waals surface area contributed by atoms with Crippen molar-refractivity contribution in [3.05, 3.63) is 12.2 Å². The largest absolute Gasteiger partial charge is 0.756 e. The molecule has 0 aromatic rings.